The third-order valence-corrected chi connectivity index (χ3v) is 7.30. The topological polar surface area (TPSA) is 86.8 Å². The van der Waals surface area contributed by atoms with E-state index in [9.17, 15) is 22.4 Å². The molecular weight excluding hydrogens is 481 g/mol. The zero-order chi connectivity index (χ0) is 26.3. The van der Waals surface area contributed by atoms with E-state index >= 15 is 0 Å². The maximum Gasteiger partial charge on any atom is 0.264 e. The first kappa shape index (κ1) is 26.9. The van der Waals surface area contributed by atoms with Gasteiger partial charge in [0.1, 0.15) is 18.4 Å². The predicted molar refractivity (Wildman–Crippen MR) is 137 cm³/mol. The van der Waals surface area contributed by atoms with Crippen molar-refractivity contribution in [2.45, 2.75) is 44.3 Å². The van der Waals surface area contributed by atoms with Crippen molar-refractivity contribution < 1.29 is 22.4 Å². The van der Waals surface area contributed by atoms with Crippen molar-refractivity contribution >= 4 is 27.5 Å². The number of amides is 2. The first-order valence-corrected chi connectivity index (χ1v) is 13.0. The van der Waals surface area contributed by atoms with Gasteiger partial charge in [-0.2, -0.15) is 0 Å². The lowest BCUT2D eigenvalue weighted by Gasteiger charge is -2.32. The fourth-order valence-corrected chi connectivity index (χ4v) is 5.10. The van der Waals surface area contributed by atoms with Crippen LogP contribution in [0.5, 0.6) is 0 Å². The number of benzene rings is 3. The van der Waals surface area contributed by atoms with Crippen molar-refractivity contribution in [2.75, 3.05) is 10.8 Å². The second-order valence-electron chi connectivity index (χ2n) is 8.62. The molecule has 1 N–H and O–H groups in total. The summed E-state index contributed by atoms with van der Waals surface area (Å²) in [5.74, 6) is -1.81. The van der Waals surface area contributed by atoms with Gasteiger partial charge in [0.25, 0.3) is 10.0 Å². The summed E-state index contributed by atoms with van der Waals surface area (Å²) in [7, 11) is -4.30. The highest BCUT2D eigenvalue weighted by Crippen LogP contribution is 2.26. The molecule has 0 aliphatic rings. The Hall–Kier alpha value is -3.72. The summed E-state index contributed by atoms with van der Waals surface area (Å²) < 4.78 is 42.7. The second-order valence-corrected chi connectivity index (χ2v) is 10.5. The molecule has 3 aromatic rings. The van der Waals surface area contributed by atoms with E-state index < -0.39 is 34.3 Å². The zero-order valence-electron chi connectivity index (χ0n) is 20.5. The summed E-state index contributed by atoms with van der Waals surface area (Å²) in [4.78, 5) is 27.7. The normalized spacial score (nSPS) is 12.1. The Labute approximate surface area is 211 Å². The highest BCUT2D eigenvalue weighted by atomic mass is 32.2. The van der Waals surface area contributed by atoms with Crippen molar-refractivity contribution in [1.29, 1.82) is 0 Å². The zero-order valence-corrected chi connectivity index (χ0v) is 21.3. The Balaban J connectivity index is 2.02. The lowest BCUT2D eigenvalue weighted by atomic mass is 10.1. The van der Waals surface area contributed by atoms with Crippen LogP contribution in [-0.4, -0.2) is 43.8 Å². The molecule has 0 saturated heterocycles. The molecule has 1 unspecified atom stereocenters. The molecule has 0 heterocycles. The fourth-order valence-electron chi connectivity index (χ4n) is 3.65. The van der Waals surface area contributed by atoms with E-state index in [0.29, 0.717) is 0 Å². The smallest absolute Gasteiger partial charge is 0.264 e. The summed E-state index contributed by atoms with van der Waals surface area (Å²) in [6, 6.07) is 20.9. The Morgan fingerprint density at radius 3 is 2.00 bits per heavy atom. The molecule has 2 amide bonds. The monoisotopic (exact) mass is 511 g/mol. The second kappa shape index (κ2) is 11.8. The molecule has 0 aromatic heterocycles. The molecule has 0 bridgehead atoms. The maximum absolute atomic E-state index is 14.8. The van der Waals surface area contributed by atoms with E-state index in [1.54, 1.807) is 39.0 Å². The minimum absolute atomic E-state index is 0.0723. The maximum atomic E-state index is 14.8. The van der Waals surface area contributed by atoms with Gasteiger partial charge < -0.3 is 10.2 Å². The molecule has 36 heavy (non-hydrogen) atoms. The van der Waals surface area contributed by atoms with Crippen molar-refractivity contribution in [1.82, 2.24) is 10.2 Å². The molecule has 0 spiro atoms. The molecule has 0 radical (unpaired) electrons. The van der Waals surface area contributed by atoms with Crippen LogP contribution in [0.15, 0.2) is 89.8 Å². The first-order chi connectivity index (χ1) is 17.1. The summed E-state index contributed by atoms with van der Waals surface area (Å²) in [6.45, 7) is 4.57. The predicted octanol–water partition coefficient (Wildman–Crippen LogP) is 3.96. The van der Waals surface area contributed by atoms with Crippen LogP contribution in [-0.2, 0) is 26.2 Å². The van der Waals surface area contributed by atoms with Gasteiger partial charge in [-0.1, -0.05) is 60.7 Å². The fraction of sp³-hybridized carbons (Fsp3) is 0.259. The highest BCUT2D eigenvalue weighted by molar-refractivity contribution is 7.92. The van der Waals surface area contributed by atoms with Gasteiger partial charge in [0.15, 0.2) is 0 Å². The van der Waals surface area contributed by atoms with Crippen molar-refractivity contribution in [3.05, 3.63) is 96.3 Å². The number of anilines is 1. The molecule has 7 nitrogen and oxygen atoms in total. The quantitative estimate of drug-likeness (QED) is 0.446. The van der Waals surface area contributed by atoms with Gasteiger partial charge in [-0.15, -0.1) is 0 Å². The number of nitrogens with zero attached hydrogens (tertiary/aromatic N) is 2. The van der Waals surface area contributed by atoms with Crippen molar-refractivity contribution in [3.8, 4) is 0 Å². The van der Waals surface area contributed by atoms with Gasteiger partial charge in [-0.3, -0.25) is 13.9 Å². The number of halogens is 1. The van der Waals surface area contributed by atoms with Gasteiger partial charge in [-0.05, 0) is 50.6 Å². The summed E-state index contributed by atoms with van der Waals surface area (Å²) >= 11 is 0. The number of para-hydroxylation sites is 1. The minimum atomic E-state index is -4.30. The highest BCUT2D eigenvalue weighted by Gasteiger charge is 2.33. The van der Waals surface area contributed by atoms with Crippen LogP contribution in [0.3, 0.4) is 0 Å². The molecule has 0 saturated carbocycles. The number of sulfonamides is 1. The summed E-state index contributed by atoms with van der Waals surface area (Å²) in [5.41, 5.74) is 0.507. The molecular formula is C27H30FN3O4S. The van der Waals surface area contributed by atoms with Gasteiger partial charge in [0.05, 0.1) is 10.6 Å². The van der Waals surface area contributed by atoms with Gasteiger partial charge >= 0.3 is 0 Å². The van der Waals surface area contributed by atoms with Gasteiger partial charge in [0, 0.05) is 12.6 Å². The molecule has 0 aliphatic heterocycles. The van der Waals surface area contributed by atoms with E-state index in [2.05, 4.69) is 5.32 Å². The number of carbonyl (C=O) groups is 2. The van der Waals surface area contributed by atoms with Gasteiger partial charge in [0.2, 0.25) is 11.8 Å². The van der Waals surface area contributed by atoms with Crippen LogP contribution >= 0.6 is 0 Å². The number of nitrogens with one attached hydrogen (secondary N) is 1. The Bertz CT molecular complexity index is 1280. The average molecular weight is 512 g/mol. The largest absolute Gasteiger partial charge is 0.352 e. The van der Waals surface area contributed by atoms with E-state index in [-0.39, 0.29) is 29.1 Å². The molecule has 0 aliphatic carbocycles. The van der Waals surface area contributed by atoms with E-state index in [1.807, 2.05) is 30.3 Å². The van der Waals surface area contributed by atoms with Crippen LogP contribution in [0.1, 0.15) is 26.3 Å². The van der Waals surface area contributed by atoms with E-state index in [4.69, 9.17) is 0 Å². The summed E-state index contributed by atoms with van der Waals surface area (Å²) in [6.07, 6.45) is 0. The number of hydrogen-bond donors (Lipinski definition) is 1. The number of carbonyl (C=O) groups excluding carboxylic acids is 2. The lowest BCUT2D eigenvalue weighted by molar-refractivity contribution is -0.139. The Morgan fingerprint density at radius 2 is 1.42 bits per heavy atom. The van der Waals surface area contributed by atoms with E-state index in [1.165, 1.54) is 35.2 Å². The molecule has 0 fully saturated rings. The van der Waals surface area contributed by atoms with Crippen LogP contribution in [0.25, 0.3) is 0 Å². The Kier molecular flexibility index (Phi) is 8.82. The molecule has 3 aromatic carbocycles. The van der Waals surface area contributed by atoms with Crippen molar-refractivity contribution in [3.63, 3.8) is 0 Å². The van der Waals surface area contributed by atoms with Crippen LogP contribution < -0.4 is 9.62 Å². The first-order valence-electron chi connectivity index (χ1n) is 11.6. The molecule has 1 atom stereocenters. The van der Waals surface area contributed by atoms with Gasteiger partial charge in [-0.25, -0.2) is 12.8 Å². The molecule has 190 valence electrons. The number of rotatable bonds is 10. The van der Waals surface area contributed by atoms with E-state index in [0.717, 1.165) is 15.9 Å². The molecule has 9 heteroatoms. The van der Waals surface area contributed by atoms with Crippen LogP contribution in [0, 0.1) is 5.82 Å². The van der Waals surface area contributed by atoms with Crippen LogP contribution in [0.2, 0.25) is 0 Å². The third-order valence-electron chi connectivity index (χ3n) is 5.53. The van der Waals surface area contributed by atoms with Crippen molar-refractivity contribution in [2.24, 2.45) is 0 Å². The SMILES string of the molecule is CC(C)NC(=O)C(C)N(Cc1ccccc1)C(=O)CN(c1ccccc1F)S(=O)(=O)c1ccccc1. The average Bonchev–Trinajstić information content (AvgIpc) is 2.86. The Morgan fingerprint density at radius 1 is 0.861 bits per heavy atom. The van der Waals surface area contributed by atoms with Crippen LogP contribution in [0.4, 0.5) is 10.1 Å². The molecule has 3 rings (SSSR count). The standard InChI is InChI=1S/C27H30FN3O4S/c1-20(2)29-27(33)21(3)30(18-22-12-6-4-7-13-22)26(32)19-31(25-17-11-10-16-24(25)28)36(34,35)23-14-8-5-9-15-23/h4-17,20-21H,18-19H2,1-3H3,(H,29,33). The number of hydrogen-bond acceptors (Lipinski definition) is 4. The lowest BCUT2D eigenvalue weighted by Crippen LogP contribution is -2.52. The third kappa shape index (κ3) is 6.48. The minimum Gasteiger partial charge on any atom is -0.352 e. The summed E-state index contributed by atoms with van der Waals surface area (Å²) in [5, 5.41) is 2.79.